The molecule has 0 aliphatic heterocycles. The molecule has 0 radical (unpaired) electrons. The van der Waals surface area contributed by atoms with Crippen LogP contribution >= 0.6 is 22.9 Å². The lowest BCUT2D eigenvalue weighted by atomic mass is 10.1. The lowest BCUT2D eigenvalue weighted by Gasteiger charge is -2.05. The molecule has 0 atom stereocenters. The fourth-order valence-electron chi connectivity index (χ4n) is 1.54. The standard InChI is InChI=1S/C13H12ClNS/c1-3-11(14)13-9(2)7-10(8-15-13)12-5-4-6-16-12/h3-8H,1-2H3/b11-3+. The zero-order valence-electron chi connectivity index (χ0n) is 9.20. The van der Waals surface area contributed by atoms with Gasteiger partial charge in [0.25, 0.3) is 0 Å². The molecule has 2 aromatic heterocycles. The molecule has 16 heavy (non-hydrogen) atoms. The van der Waals surface area contributed by atoms with E-state index in [1.54, 1.807) is 11.3 Å². The number of pyridine rings is 1. The van der Waals surface area contributed by atoms with Crippen molar-refractivity contribution in [1.29, 1.82) is 0 Å². The number of nitrogens with zero attached hydrogens (tertiary/aromatic N) is 1. The maximum atomic E-state index is 6.07. The molecule has 2 rings (SSSR count). The third kappa shape index (κ3) is 2.18. The van der Waals surface area contributed by atoms with Crippen molar-refractivity contribution in [2.75, 3.05) is 0 Å². The van der Waals surface area contributed by atoms with Gasteiger partial charge in [0, 0.05) is 16.6 Å². The maximum absolute atomic E-state index is 6.07. The predicted octanol–water partition coefficient (Wildman–Crippen LogP) is 4.72. The van der Waals surface area contributed by atoms with E-state index in [1.165, 1.54) is 4.88 Å². The second-order valence-corrected chi connectivity index (χ2v) is 4.86. The van der Waals surface area contributed by atoms with Gasteiger partial charge in [0.1, 0.15) is 0 Å². The summed E-state index contributed by atoms with van der Waals surface area (Å²) in [5, 5.41) is 2.77. The summed E-state index contributed by atoms with van der Waals surface area (Å²) in [4.78, 5) is 5.65. The molecule has 0 unspecified atom stereocenters. The first-order valence-electron chi connectivity index (χ1n) is 5.05. The number of hydrogen-bond donors (Lipinski definition) is 0. The van der Waals surface area contributed by atoms with Crippen molar-refractivity contribution in [1.82, 2.24) is 4.98 Å². The van der Waals surface area contributed by atoms with Crippen LogP contribution in [0.2, 0.25) is 0 Å². The summed E-state index contributed by atoms with van der Waals surface area (Å²) in [6.07, 6.45) is 3.74. The van der Waals surface area contributed by atoms with Crippen LogP contribution in [0.4, 0.5) is 0 Å². The summed E-state index contributed by atoms with van der Waals surface area (Å²) in [6.45, 7) is 3.95. The zero-order valence-corrected chi connectivity index (χ0v) is 10.8. The highest BCUT2D eigenvalue weighted by Gasteiger charge is 2.06. The molecule has 0 fully saturated rings. The van der Waals surface area contributed by atoms with Crippen molar-refractivity contribution in [3.63, 3.8) is 0 Å². The van der Waals surface area contributed by atoms with Crippen LogP contribution in [0.1, 0.15) is 18.2 Å². The number of aryl methyl sites for hydroxylation is 1. The van der Waals surface area contributed by atoms with E-state index in [0.717, 1.165) is 16.8 Å². The van der Waals surface area contributed by atoms with Gasteiger partial charge < -0.3 is 0 Å². The molecule has 2 aromatic rings. The number of hydrogen-bond acceptors (Lipinski definition) is 2. The molecule has 0 amide bonds. The highest BCUT2D eigenvalue weighted by atomic mass is 35.5. The third-order valence-electron chi connectivity index (χ3n) is 2.36. The van der Waals surface area contributed by atoms with E-state index in [2.05, 4.69) is 22.5 Å². The van der Waals surface area contributed by atoms with Crippen molar-refractivity contribution in [2.24, 2.45) is 0 Å². The molecule has 2 heterocycles. The van der Waals surface area contributed by atoms with Crippen LogP contribution in [0, 0.1) is 6.92 Å². The number of allylic oxidation sites excluding steroid dienone is 1. The summed E-state index contributed by atoms with van der Waals surface area (Å²) < 4.78 is 0. The Balaban J connectivity index is 2.45. The quantitative estimate of drug-likeness (QED) is 0.751. The monoisotopic (exact) mass is 249 g/mol. The molecular formula is C13H12ClNS. The van der Waals surface area contributed by atoms with Crippen LogP contribution in [0.5, 0.6) is 0 Å². The number of aromatic nitrogens is 1. The normalized spacial score (nSPS) is 11.8. The first kappa shape index (κ1) is 11.4. The predicted molar refractivity (Wildman–Crippen MR) is 71.8 cm³/mol. The van der Waals surface area contributed by atoms with E-state index < -0.39 is 0 Å². The smallest absolute Gasteiger partial charge is 0.0842 e. The van der Waals surface area contributed by atoms with Crippen molar-refractivity contribution in [3.8, 4) is 10.4 Å². The first-order valence-corrected chi connectivity index (χ1v) is 6.31. The molecule has 0 bridgehead atoms. The Morgan fingerprint density at radius 1 is 1.50 bits per heavy atom. The minimum absolute atomic E-state index is 0.704. The van der Waals surface area contributed by atoms with Gasteiger partial charge in [-0.25, -0.2) is 0 Å². The Labute approximate surface area is 104 Å². The van der Waals surface area contributed by atoms with Crippen molar-refractivity contribution in [2.45, 2.75) is 13.8 Å². The molecule has 3 heteroatoms. The largest absolute Gasteiger partial charge is 0.254 e. The van der Waals surface area contributed by atoms with Crippen LogP contribution in [0.25, 0.3) is 15.5 Å². The van der Waals surface area contributed by atoms with E-state index in [0.29, 0.717) is 5.03 Å². The fourth-order valence-corrected chi connectivity index (χ4v) is 2.45. The van der Waals surface area contributed by atoms with Crippen molar-refractivity contribution >= 4 is 28.0 Å². The molecule has 1 nitrogen and oxygen atoms in total. The fraction of sp³-hybridized carbons (Fsp3) is 0.154. The van der Waals surface area contributed by atoms with Gasteiger partial charge in [-0.15, -0.1) is 11.3 Å². The second-order valence-electron chi connectivity index (χ2n) is 3.50. The van der Waals surface area contributed by atoms with Gasteiger partial charge in [0.2, 0.25) is 0 Å². The zero-order chi connectivity index (χ0) is 11.5. The molecule has 0 saturated carbocycles. The first-order chi connectivity index (χ1) is 7.72. The molecular weight excluding hydrogens is 238 g/mol. The third-order valence-corrected chi connectivity index (χ3v) is 3.68. The van der Waals surface area contributed by atoms with Crippen molar-refractivity contribution < 1.29 is 0 Å². The number of thiophene rings is 1. The van der Waals surface area contributed by atoms with Crippen LogP contribution in [0.15, 0.2) is 35.9 Å². The Morgan fingerprint density at radius 3 is 2.88 bits per heavy atom. The molecule has 0 aromatic carbocycles. The second kappa shape index (κ2) is 4.81. The van der Waals surface area contributed by atoms with Crippen LogP contribution in [0.3, 0.4) is 0 Å². The van der Waals surface area contributed by atoms with Gasteiger partial charge in [-0.05, 0) is 36.9 Å². The van der Waals surface area contributed by atoms with Gasteiger partial charge in [0.15, 0.2) is 0 Å². The van der Waals surface area contributed by atoms with Gasteiger partial charge in [-0.1, -0.05) is 23.7 Å². The molecule has 0 aliphatic rings. The minimum Gasteiger partial charge on any atom is -0.254 e. The van der Waals surface area contributed by atoms with E-state index in [9.17, 15) is 0 Å². The van der Waals surface area contributed by atoms with Gasteiger partial charge in [-0.3, -0.25) is 4.98 Å². The average Bonchev–Trinajstić information content (AvgIpc) is 2.81. The molecule has 0 saturated heterocycles. The van der Waals surface area contributed by atoms with Crippen molar-refractivity contribution in [3.05, 3.63) is 47.1 Å². The Bertz CT molecular complexity index is 515. The highest BCUT2D eigenvalue weighted by Crippen LogP contribution is 2.28. The SMILES string of the molecule is C/C=C(/Cl)c1ncc(-c2cccs2)cc1C. The van der Waals surface area contributed by atoms with Crippen LogP contribution in [-0.4, -0.2) is 4.98 Å². The average molecular weight is 250 g/mol. The molecule has 0 aliphatic carbocycles. The molecule has 0 N–H and O–H groups in total. The summed E-state index contributed by atoms with van der Waals surface area (Å²) in [5.74, 6) is 0. The van der Waals surface area contributed by atoms with Gasteiger partial charge >= 0.3 is 0 Å². The Kier molecular flexibility index (Phi) is 3.42. The van der Waals surface area contributed by atoms with E-state index in [1.807, 2.05) is 32.2 Å². The van der Waals surface area contributed by atoms with Gasteiger partial charge in [-0.2, -0.15) is 0 Å². The molecule has 82 valence electrons. The summed E-state index contributed by atoms with van der Waals surface area (Å²) in [7, 11) is 0. The maximum Gasteiger partial charge on any atom is 0.0842 e. The van der Waals surface area contributed by atoms with E-state index in [-0.39, 0.29) is 0 Å². The van der Waals surface area contributed by atoms with Crippen LogP contribution < -0.4 is 0 Å². The number of rotatable bonds is 2. The Hall–Kier alpha value is -1.12. The lowest BCUT2D eigenvalue weighted by molar-refractivity contribution is 1.23. The lowest BCUT2D eigenvalue weighted by Crippen LogP contribution is -1.90. The van der Waals surface area contributed by atoms with Gasteiger partial charge in [0.05, 0.1) is 10.7 Å². The molecule has 0 spiro atoms. The summed E-state index contributed by atoms with van der Waals surface area (Å²) in [5.41, 5.74) is 3.12. The number of halogens is 1. The van der Waals surface area contributed by atoms with E-state index in [4.69, 9.17) is 11.6 Å². The topological polar surface area (TPSA) is 12.9 Å². The van der Waals surface area contributed by atoms with E-state index >= 15 is 0 Å². The summed E-state index contributed by atoms with van der Waals surface area (Å²) in [6, 6.07) is 6.26. The Morgan fingerprint density at radius 2 is 2.31 bits per heavy atom. The van der Waals surface area contributed by atoms with Crippen LogP contribution in [-0.2, 0) is 0 Å². The summed E-state index contributed by atoms with van der Waals surface area (Å²) >= 11 is 7.79. The minimum atomic E-state index is 0.704. The highest BCUT2D eigenvalue weighted by molar-refractivity contribution is 7.13.